The zero-order chi connectivity index (χ0) is 17.7. The molecule has 5 heteroatoms. The predicted octanol–water partition coefficient (Wildman–Crippen LogP) is 3.96. The van der Waals surface area contributed by atoms with Gasteiger partial charge in [0.05, 0.1) is 11.0 Å². The fraction of sp³-hybridized carbons (Fsp3) is 0.263. The van der Waals surface area contributed by atoms with E-state index in [4.69, 9.17) is 5.73 Å². The van der Waals surface area contributed by atoms with Gasteiger partial charge in [-0.05, 0) is 30.5 Å². The number of nitrogens with zero attached hydrogens (tertiary/aromatic N) is 2. The molecule has 0 saturated heterocycles. The quantitative estimate of drug-likeness (QED) is 0.618. The minimum atomic E-state index is -0.409. The number of rotatable bonds is 7. The summed E-state index contributed by atoms with van der Waals surface area (Å²) in [6, 6.07) is 13.9. The van der Waals surface area contributed by atoms with Crippen molar-refractivity contribution in [2.75, 3.05) is 13.1 Å². The van der Waals surface area contributed by atoms with Crippen molar-refractivity contribution in [1.29, 1.82) is 0 Å². The summed E-state index contributed by atoms with van der Waals surface area (Å²) in [6.45, 7) is 10.2. The lowest BCUT2D eigenvalue weighted by Gasteiger charge is -2.24. The summed E-state index contributed by atoms with van der Waals surface area (Å²) >= 11 is 0. The molecule has 2 aromatic carbocycles. The number of non-ortho nitro benzene ring substituents is 1. The molecule has 1 atom stereocenters. The fourth-order valence-corrected chi connectivity index (χ4v) is 2.70. The molecule has 0 aliphatic carbocycles. The van der Waals surface area contributed by atoms with E-state index in [1.54, 1.807) is 12.1 Å². The van der Waals surface area contributed by atoms with Gasteiger partial charge in [-0.3, -0.25) is 10.1 Å². The molecule has 24 heavy (non-hydrogen) atoms. The summed E-state index contributed by atoms with van der Waals surface area (Å²) in [5.41, 5.74) is 9.98. The second-order valence-electron chi connectivity index (χ2n) is 5.57. The van der Waals surface area contributed by atoms with Crippen LogP contribution < -0.4 is 5.73 Å². The van der Waals surface area contributed by atoms with E-state index in [0.717, 1.165) is 35.5 Å². The predicted molar refractivity (Wildman–Crippen MR) is 97.5 cm³/mol. The molecule has 0 radical (unpaired) electrons. The SMILES string of the molecule is C=C(c1ccc([C@@H](N)c2cccc([N+](=O)[O-])c2)cc1)N(CC)CC. The molecule has 0 spiro atoms. The van der Waals surface area contributed by atoms with E-state index in [1.807, 2.05) is 24.3 Å². The van der Waals surface area contributed by atoms with E-state index in [-0.39, 0.29) is 5.69 Å². The topological polar surface area (TPSA) is 72.4 Å². The van der Waals surface area contributed by atoms with Crippen molar-refractivity contribution in [1.82, 2.24) is 4.90 Å². The smallest absolute Gasteiger partial charge is 0.269 e. The van der Waals surface area contributed by atoms with Crippen molar-refractivity contribution in [3.63, 3.8) is 0 Å². The molecule has 0 aromatic heterocycles. The van der Waals surface area contributed by atoms with E-state index < -0.39 is 11.0 Å². The Hall–Kier alpha value is -2.66. The summed E-state index contributed by atoms with van der Waals surface area (Å²) in [6.07, 6.45) is 0. The first-order valence-electron chi connectivity index (χ1n) is 8.02. The van der Waals surface area contributed by atoms with Crippen LogP contribution in [0.15, 0.2) is 55.1 Å². The molecule has 0 aliphatic heterocycles. The molecular formula is C19H23N3O2. The minimum absolute atomic E-state index is 0.0504. The van der Waals surface area contributed by atoms with Crippen molar-refractivity contribution < 1.29 is 4.92 Å². The average molecular weight is 325 g/mol. The maximum Gasteiger partial charge on any atom is 0.269 e. The number of hydrogen-bond donors (Lipinski definition) is 1. The van der Waals surface area contributed by atoms with Crippen LogP contribution in [0.4, 0.5) is 5.69 Å². The Morgan fingerprint density at radius 3 is 2.33 bits per heavy atom. The first kappa shape index (κ1) is 17.7. The summed E-state index contributed by atoms with van der Waals surface area (Å²) in [4.78, 5) is 12.7. The molecule has 0 amide bonds. The van der Waals surface area contributed by atoms with Crippen LogP contribution in [0.1, 0.15) is 36.6 Å². The zero-order valence-corrected chi connectivity index (χ0v) is 14.1. The van der Waals surface area contributed by atoms with E-state index in [0.29, 0.717) is 0 Å². The fourth-order valence-electron chi connectivity index (χ4n) is 2.70. The summed E-state index contributed by atoms with van der Waals surface area (Å²) in [7, 11) is 0. The lowest BCUT2D eigenvalue weighted by Crippen LogP contribution is -2.20. The Balaban J connectivity index is 2.22. The number of benzene rings is 2. The molecule has 5 nitrogen and oxygen atoms in total. The largest absolute Gasteiger partial charge is 0.372 e. The van der Waals surface area contributed by atoms with E-state index in [1.165, 1.54) is 12.1 Å². The Kier molecular flexibility index (Phi) is 5.71. The molecule has 2 N–H and O–H groups in total. The van der Waals surface area contributed by atoms with Crippen molar-refractivity contribution in [3.05, 3.63) is 81.9 Å². The van der Waals surface area contributed by atoms with Crippen LogP contribution in [-0.2, 0) is 0 Å². The lowest BCUT2D eigenvalue weighted by molar-refractivity contribution is -0.384. The van der Waals surface area contributed by atoms with Crippen LogP contribution in [0.25, 0.3) is 5.70 Å². The second-order valence-corrected chi connectivity index (χ2v) is 5.57. The van der Waals surface area contributed by atoms with Crippen LogP contribution >= 0.6 is 0 Å². The standard InChI is InChI=1S/C19H23N3O2/c1-4-21(5-2)14(3)15-9-11-16(12-10-15)19(20)17-7-6-8-18(13-17)22(23)24/h6-13,19H,3-5,20H2,1-2H3/t19-/m1/s1. The molecule has 2 aromatic rings. The zero-order valence-electron chi connectivity index (χ0n) is 14.1. The Morgan fingerprint density at radius 1 is 1.17 bits per heavy atom. The first-order valence-corrected chi connectivity index (χ1v) is 8.02. The van der Waals surface area contributed by atoms with Crippen LogP contribution in [0.5, 0.6) is 0 Å². The van der Waals surface area contributed by atoms with Crippen LogP contribution in [0.3, 0.4) is 0 Å². The van der Waals surface area contributed by atoms with Gasteiger partial charge in [-0.2, -0.15) is 0 Å². The van der Waals surface area contributed by atoms with Gasteiger partial charge in [0.25, 0.3) is 5.69 Å². The molecule has 0 unspecified atom stereocenters. The average Bonchev–Trinajstić information content (AvgIpc) is 2.62. The summed E-state index contributed by atoms with van der Waals surface area (Å²) < 4.78 is 0. The van der Waals surface area contributed by atoms with Crippen molar-refractivity contribution in [2.24, 2.45) is 5.73 Å². The molecular weight excluding hydrogens is 302 g/mol. The van der Waals surface area contributed by atoms with Gasteiger partial charge in [0.1, 0.15) is 0 Å². The van der Waals surface area contributed by atoms with E-state index >= 15 is 0 Å². The normalized spacial score (nSPS) is 11.8. The van der Waals surface area contributed by atoms with Gasteiger partial charge >= 0.3 is 0 Å². The van der Waals surface area contributed by atoms with Crippen molar-refractivity contribution in [2.45, 2.75) is 19.9 Å². The van der Waals surface area contributed by atoms with Gasteiger partial charge in [0.2, 0.25) is 0 Å². The van der Waals surface area contributed by atoms with Crippen LogP contribution in [-0.4, -0.2) is 22.9 Å². The Bertz CT molecular complexity index is 722. The monoisotopic (exact) mass is 325 g/mol. The summed E-state index contributed by atoms with van der Waals surface area (Å²) in [5, 5.41) is 10.9. The third-order valence-electron chi connectivity index (χ3n) is 4.19. The highest BCUT2D eigenvalue weighted by Gasteiger charge is 2.14. The van der Waals surface area contributed by atoms with Gasteiger partial charge in [-0.1, -0.05) is 43.0 Å². The maximum atomic E-state index is 10.9. The highest BCUT2D eigenvalue weighted by atomic mass is 16.6. The number of nitro benzene ring substituents is 1. The lowest BCUT2D eigenvalue weighted by atomic mass is 9.97. The second kappa shape index (κ2) is 7.75. The highest BCUT2D eigenvalue weighted by Crippen LogP contribution is 2.25. The van der Waals surface area contributed by atoms with Crippen molar-refractivity contribution in [3.8, 4) is 0 Å². The van der Waals surface area contributed by atoms with E-state index in [2.05, 4.69) is 25.3 Å². The third kappa shape index (κ3) is 3.81. The number of nitro groups is 1. The molecule has 126 valence electrons. The highest BCUT2D eigenvalue weighted by molar-refractivity contribution is 5.62. The molecule has 0 heterocycles. The Labute approximate surface area is 142 Å². The van der Waals surface area contributed by atoms with Crippen LogP contribution in [0, 0.1) is 10.1 Å². The van der Waals surface area contributed by atoms with Gasteiger partial charge in [0.15, 0.2) is 0 Å². The molecule has 2 rings (SSSR count). The van der Waals surface area contributed by atoms with Gasteiger partial charge in [-0.15, -0.1) is 0 Å². The number of nitrogens with two attached hydrogens (primary N) is 1. The maximum absolute atomic E-state index is 10.9. The van der Waals surface area contributed by atoms with Gasteiger partial charge < -0.3 is 10.6 Å². The Morgan fingerprint density at radius 2 is 1.79 bits per heavy atom. The van der Waals surface area contributed by atoms with Gasteiger partial charge in [0, 0.05) is 30.9 Å². The molecule has 0 fully saturated rings. The minimum Gasteiger partial charge on any atom is -0.372 e. The molecule has 0 aliphatic rings. The van der Waals surface area contributed by atoms with Crippen LogP contribution in [0.2, 0.25) is 0 Å². The van der Waals surface area contributed by atoms with E-state index in [9.17, 15) is 10.1 Å². The molecule has 0 bridgehead atoms. The first-order chi connectivity index (χ1) is 11.5. The third-order valence-corrected chi connectivity index (χ3v) is 4.19. The molecule has 0 saturated carbocycles. The number of hydrogen-bond acceptors (Lipinski definition) is 4. The van der Waals surface area contributed by atoms with Gasteiger partial charge in [-0.25, -0.2) is 0 Å². The van der Waals surface area contributed by atoms with Crippen molar-refractivity contribution >= 4 is 11.4 Å². The summed E-state index contributed by atoms with van der Waals surface area (Å²) in [5.74, 6) is 0.